The van der Waals surface area contributed by atoms with Gasteiger partial charge in [-0.2, -0.15) is 0 Å². The zero-order valence-corrected chi connectivity index (χ0v) is 9.32. The third-order valence-corrected chi connectivity index (χ3v) is 1.46. The molecule has 5 heteroatoms. The zero-order chi connectivity index (χ0) is 12.7. The average Bonchev–Trinajstić information content (AvgIpc) is 2.17. The number of hydrogen-bond donors (Lipinski definition) is 0. The van der Waals surface area contributed by atoms with Gasteiger partial charge in [0.1, 0.15) is 6.29 Å². The lowest BCUT2D eigenvalue weighted by atomic mass is 10.3. The third-order valence-electron chi connectivity index (χ3n) is 1.46. The minimum Gasteiger partial charge on any atom is -0.421 e. The van der Waals surface area contributed by atoms with Crippen LogP contribution in [0.3, 0.4) is 0 Å². The molecule has 0 amide bonds. The van der Waals surface area contributed by atoms with E-state index in [-0.39, 0.29) is 17.6 Å². The second-order valence-electron chi connectivity index (χ2n) is 3.20. The zero-order valence-electron chi connectivity index (χ0n) is 9.32. The monoisotopic (exact) mass is 226 g/mol. The van der Waals surface area contributed by atoms with E-state index in [1.807, 2.05) is 0 Å². The van der Waals surface area contributed by atoms with Crippen LogP contribution >= 0.6 is 0 Å². The number of hydrogen-bond acceptors (Lipinski definition) is 5. The molecule has 0 heterocycles. The molecule has 88 valence electrons. The van der Waals surface area contributed by atoms with E-state index in [1.165, 1.54) is 13.8 Å². The van der Waals surface area contributed by atoms with Crippen molar-refractivity contribution in [3.63, 3.8) is 0 Å². The van der Waals surface area contributed by atoms with Crippen molar-refractivity contribution in [3.05, 3.63) is 24.3 Å². The Labute approximate surface area is 93.7 Å². The maximum atomic E-state index is 11.1. The fourth-order valence-electron chi connectivity index (χ4n) is 0.639. The van der Waals surface area contributed by atoms with E-state index in [2.05, 4.69) is 13.2 Å². The lowest BCUT2D eigenvalue weighted by Gasteiger charge is -2.16. The Morgan fingerprint density at radius 3 is 1.75 bits per heavy atom. The van der Waals surface area contributed by atoms with Crippen LogP contribution < -0.4 is 0 Å². The van der Waals surface area contributed by atoms with Crippen molar-refractivity contribution in [2.24, 2.45) is 0 Å². The van der Waals surface area contributed by atoms with Gasteiger partial charge in [-0.25, -0.2) is 9.59 Å². The molecule has 0 atom stereocenters. The molecule has 0 bridgehead atoms. The van der Waals surface area contributed by atoms with Crippen LogP contribution in [-0.2, 0) is 23.9 Å². The van der Waals surface area contributed by atoms with Crippen molar-refractivity contribution in [1.29, 1.82) is 0 Å². The van der Waals surface area contributed by atoms with Crippen LogP contribution in [0.25, 0.3) is 0 Å². The van der Waals surface area contributed by atoms with Crippen LogP contribution in [0.5, 0.6) is 0 Å². The van der Waals surface area contributed by atoms with Crippen LogP contribution in [0.1, 0.15) is 20.3 Å². The molecule has 0 aromatic rings. The van der Waals surface area contributed by atoms with Crippen molar-refractivity contribution in [1.82, 2.24) is 0 Å². The van der Waals surface area contributed by atoms with E-state index in [4.69, 9.17) is 9.47 Å². The van der Waals surface area contributed by atoms with Gasteiger partial charge < -0.3 is 14.3 Å². The largest absolute Gasteiger partial charge is 0.421 e. The molecule has 0 aromatic heterocycles. The van der Waals surface area contributed by atoms with Gasteiger partial charge in [-0.1, -0.05) is 13.2 Å². The van der Waals surface area contributed by atoms with Gasteiger partial charge in [0, 0.05) is 11.1 Å². The van der Waals surface area contributed by atoms with E-state index in [0.717, 1.165) is 0 Å². The second-order valence-corrected chi connectivity index (χ2v) is 3.20. The minimum atomic E-state index is -1.23. The van der Waals surface area contributed by atoms with Crippen molar-refractivity contribution in [3.8, 4) is 0 Å². The Balaban J connectivity index is 4.44. The molecule has 16 heavy (non-hydrogen) atoms. The standard InChI is InChI=1S/C11H14O5/c1-7(2)10(13)15-9(5-6-12)16-11(14)8(3)4/h6,9H,1,3,5H2,2,4H3. The Morgan fingerprint density at radius 1 is 1.12 bits per heavy atom. The molecule has 0 N–H and O–H groups in total. The smallest absolute Gasteiger partial charge is 0.336 e. The van der Waals surface area contributed by atoms with Crippen LogP contribution in [0.15, 0.2) is 24.3 Å². The van der Waals surface area contributed by atoms with Gasteiger partial charge in [0.15, 0.2) is 0 Å². The highest BCUT2D eigenvalue weighted by atomic mass is 16.7. The lowest BCUT2D eigenvalue weighted by Crippen LogP contribution is -2.25. The maximum Gasteiger partial charge on any atom is 0.336 e. The number of esters is 2. The van der Waals surface area contributed by atoms with Gasteiger partial charge in [-0.05, 0) is 13.8 Å². The van der Waals surface area contributed by atoms with Gasteiger partial charge in [0.05, 0.1) is 6.42 Å². The molecule has 0 saturated carbocycles. The molecular formula is C11H14O5. The minimum absolute atomic E-state index is 0.155. The topological polar surface area (TPSA) is 69.7 Å². The molecule has 0 aliphatic heterocycles. The normalized spacial score (nSPS) is 9.44. The molecule has 0 aromatic carbocycles. The Bertz CT molecular complexity index is 301. The summed E-state index contributed by atoms with van der Waals surface area (Å²) in [5, 5.41) is 0. The number of carbonyl (C=O) groups excluding carboxylic acids is 3. The summed E-state index contributed by atoms with van der Waals surface area (Å²) in [5.41, 5.74) is 0.310. The maximum absolute atomic E-state index is 11.1. The molecule has 0 radical (unpaired) electrons. The number of carbonyl (C=O) groups is 3. The van der Waals surface area contributed by atoms with Crippen LogP contribution in [-0.4, -0.2) is 24.5 Å². The second kappa shape index (κ2) is 6.55. The summed E-state index contributed by atoms with van der Waals surface area (Å²) in [6, 6.07) is 0. The van der Waals surface area contributed by atoms with E-state index < -0.39 is 18.2 Å². The third kappa shape index (κ3) is 5.09. The number of aldehydes is 1. The van der Waals surface area contributed by atoms with Crippen molar-refractivity contribution in [2.45, 2.75) is 26.6 Å². The summed E-state index contributed by atoms with van der Waals surface area (Å²) in [6.07, 6.45) is -0.967. The molecule has 0 aliphatic rings. The van der Waals surface area contributed by atoms with Crippen LogP contribution in [0, 0.1) is 0 Å². The highest BCUT2D eigenvalue weighted by Gasteiger charge is 2.19. The van der Waals surface area contributed by atoms with E-state index in [1.54, 1.807) is 0 Å². The van der Waals surface area contributed by atoms with E-state index >= 15 is 0 Å². The average molecular weight is 226 g/mol. The summed E-state index contributed by atoms with van der Waals surface area (Å²) < 4.78 is 9.44. The first-order chi connectivity index (χ1) is 7.38. The molecule has 0 rings (SSSR count). The van der Waals surface area contributed by atoms with E-state index in [0.29, 0.717) is 6.29 Å². The number of ether oxygens (including phenoxy) is 2. The molecule has 0 aliphatic carbocycles. The van der Waals surface area contributed by atoms with Crippen molar-refractivity contribution >= 4 is 18.2 Å². The van der Waals surface area contributed by atoms with Gasteiger partial charge in [0.2, 0.25) is 0 Å². The Hall–Kier alpha value is -1.91. The molecule has 0 saturated heterocycles. The fourth-order valence-corrected chi connectivity index (χ4v) is 0.639. The fraction of sp³-hybridized carbons (Fsp3) is 0.364. The highest BCUT2D eigenvalue weighted by molar-refractivity contribution is 5.88. The van der Waals surface area contributed by atoms with E-state index in [9.17, 15) is 14.4 Å². The predicted octanol–water partition coefficient (Wildman–Crippen LogP) is 1.14. The molecule has 0 spiro atoms. The van der Waals surface area contributed by atoms with Crippen molar-refractivity contribution in [2.75, 3.05) is 0 Å². The first kappa shape index (κ1) is 14.1. The highest BCUT2D eigenvalue weighted by Crippen LogP contribution is 2.06. The summed E-state index contributed by atoms with van der Waals surface area (Å²) >= 11 is 0. The Kier molecular flexibility index (Phi) is 5.77. The first-order valence-corrected chi connectivity index (χ1v) is 4.55. The summed E-state index contributed by atoms with van der Waals surface area (Å²) in [6.45, 7) is 9.61. The SMILES string of the molecule is C=C(C)C(=O)OC(CC=O)OC(=O)C(=C)C. The quantitative estimate of drug-likeness (QED) is 0.294. The predicted molar refractivity (Wildman–Crippen MR) is 56.3 cm³/mol. The summed E-state index contributed by atoms with van der Waals surface area (Å²) in [5.74, 6) is -1.44. The Morgan fingerprint density at radius 2 is 1.50 bits per heavy atom. The van der Waals surface area contributed by atoms with Gasteiger partial charge in [0.25, 0.3) is 6.29 Å². The van der Waals surface area contributed by atoms with Gasteiger partial charge >= 0.3 is 11.9 Å². The van der Waals surface area contributed by atoms with Crippen molar-refractivity contribution < 1.29 is 23.9 Å². The molecule has 0 fully saturated rings. The first-order valence-electron chi connectivity index (χ1n) is 4.55. The summed E-state index contributed by atoms with van der Waals surface area (Å²) in [7, 11) is 0. The summed E-state index contributed by atoms with van der Waals surface area (Å²) in [4.78, 5) is 32.5. The lowest BCUT2D eigenvalue weighted by molar-refractivity contribution is -0.182. The van der Waals surface area contributed by atoms with Crippen LogP contribution in [0.2, 0.25) is 0 Å². The molecule has 0 unspecified atom stereocenters. The number of rotatable bonds is 6. The van der Waals surface area contributed by atoms with Crippen LogP contribution in [0.4, 0.5) is 0 Å². The van der Waals surface area contributed by atoms with Gasteiger partial charge in [-0.3, -0.25) is 0 Å². The van der Waals surface area contributed by atoms with Gasteiger partial charge in [-0.15, -0.1) is 0 Å². The molecule has 5 nitrogen and oxygen atoms in total. The molecular weight excluding hydrogens is 212 g/mol.